The van der Waals surface area contributed by atoms with E-state index in [0.29, 0.717) is 27.7 Å². The van der Waals surface area contributed by atoms with Crippen molar-refractivity contribution in [3.05, 3.63) is 76.0 Å². The summed E-state index contributed by atoms with van der Waals surface area (Å²) in [4.78, 5) is 20.9. The van der Waals surface area contributed by atoms with Crippen LogP contribution in [-0.4, -0.2) is 15.9 Å². The summed E-state index contributed by atoms with van der Waals surface area (Å²) in [5, 5.41) is 3.39. The Morgan fingerprint density at radius 1 is 1.11 bits per heavy atom. The van der Waals surface area contributed by atoms with E-state index in [0.717, 1.165) is 11.1 Å². The number of pyridine rings is 1. The molecule has 0 aliphatic heterocycles. The summed E-state index contributed by atoms with van der Waals surface area (Å²) >= 11 is 12.3. The van der Waals surface area contributed by atoms with Gasteiger partial charge in [-0.2, -0.15) is 0 Å². The number of fused-ring (bicyclic) bond motifs is 1. The number of amides is 1. The lowest BCUT2D eigenvalue weighted by Crippen LogP contribution is -2.12. The molecular formula is C20H13Cl2N3O2. The molecule has 2 aromatic heterocycles. The van der Waals surface area contributed by atoms with E-state index in [-0.39, 0.29) is 16.6 Å². The monoisotopic (exact) mass is 397 g/mol. The number of anilines is 1. The second kappa shape index (κ2) is 7.02. The summed E-state index contributed by atoms with van der Waals surface area (Å²) in [5.74, 6) is 0.0191. The molecule has 7 heteroatoms. The maximum Gasteiger partial charge on any atom is 0.258 e. The summed E-state index contributed by atoms with van der Waals surface area (Å²) in [6.07, 6.45) is 1.52. The van der Waals surface area contributed by atoms with Crippen LogP contribution >= 0.6 is 23.2 Å². The molecule has 0 fully saturated rings. The highest BCUT2D eigenvalue weighted by Gasteiger charge is 2.15. The van der Waals surface area contributed by atoms with Crippen molar-refractivity contribution in [2.75, 3.05) is 5.32 Å². The molecule has 0 atom stereocenters. The fourth-order valence-electron chi connectivity index (χ4n) is 2.67. The third-order valence-electron chi connectivity index (χ3n) is 4.00. The van der Waals surface area contributed by atoms with Crippen LogP contribution in [0.5, 0.6) is 0 Å². The van der Waals surface area contributed by atoms with Gasteiger partial charge in [-0.05, 0) is 55.0 Å². The van der Waals surface area contributed by atoms with Crippen molar-refractivity contribution in [2.24, 2.45) is 0 Å². The molecular weight excluding hydrogens is 385 g/mol. The van der Waals surface area contributed by atoms with Gasteiger partial charge in [0.05, 0.1) is 16.1 Å². The fraction of sp³-hybridized carbons (Fsp3) is 0.0500. The van der Waals surface area contributed by atoms with E-state index in [1.165, 1.54) is 6.20 Å². The number of benzene rings is 2. The largest absolute Gasteiger partial charge is 0.436 e. The van der Waals surface area contributed by atoms with Crippen LogP contribution in [-0.2, 0) is 0 Å². The third kappa shape index (κ3) is 3.52. The van der Waals surface area contributed by atoms with Crippen LogP contribution in [0.15, 0.2) is 59.1 Å². The number of hydrogen-bond donors (Lipinski definition) is 1. The van der Waals surface area contributed by atoms with Gasteiger partial charge in [0, 0.05) is 11.9 Å². The number of aromatic nitrogens is 2. The van der Waals surface area contributed by atoms with Crippen LogP contribution in [0.2, 0.25) is 10.2 Å². The van der Waals surface area contributed by atoms with Crippen LogP contribution in [0, 0.1) is 6.92 Å². The molecule has 27 heavy (non-hydrogen) atoms. The lowest BCUT2D eigenvalue weighted by molar-refractivity contribution is 0.102. The standard InChI is InChI=1S/C20H13Cl2N3O2/c1-11-4-7-17-16(9-11)25-20(27-17)14-10-12(5-6-15(14)21)24-19(26)13-3-2-8-23-18(13)22/h2-10H,1H3,(H,24,26). The maximum atomic E-state index is 12.4. The van der Waals surface area contributed by atoms with Crippen molar-refractivity contribution in [1.29, 1.82) is 0 Å². The van der Waals surface area contributed by atoms with Gasteiger partial charge in [-0.1, -0.05) is 29.3 Å². The van der Waals surface area contributed by atoms with E-state index in [2.05, 4.69) is 15.3 Å². The Balaban J connectivity index is 1.68. The molecule has 4 rings (SSSR count). The normalized spacial score (nSPS) is 10.9. The molecule has 4 aromatic rings. The quantitative estimate of drug-likeness (QED) is 0.446. The zero-order chi connectivity index (χ0) is 19.0. The second-order valence-corrected chi connectivity index (χ2v) is 6.75. The van der Waals surface area contributed by atoms with Gasteiger partial charge in [0.1, 0.15) is 10.7 Å². The summed E-state index contributed by atoms with van der Waals surface area (Å²) in [6, 6.07) is 14.1. The van der Waals surface area contributed by atoms with E-state index >= 15 is 0 Å². The average Bonchev–Trinajstić information content (AvgIpc) is 3.06. The summed E-state index contributed by atoms with van der Waals surface area (Å²) < 4.78 is 5.81. The molecule has 1 N–H and O–H groups in total. The Morgan fingerprint density at radius 2 is 1.96 bits per heavy atom. The average molecular weight is 398 g/mol. The van der Waals surface area contributed by atoms with Gasteiger partial charge in [-0.15, -0.1) is 0 Å². The van der Waals surface area contributed by atoms with Crippen LogP contribution in [0.25, 0.3) is 22.6 Å². The van der Waals surface area contributed by atoms with Gasteiger partial charge in [0.2, 0.25) is 5.89 Å². The SMILES string of the molecule is Cc1ccc2oc(-c3cc(NC(=O)c4cccnc4Cl)ccc3Cl)nc2c1. The highest BCUT2D eigenvalue weighted by molar-refractivity contribution is 6.34. The molecule has 0 spiro atoms. The van der Waals surface area contributed by atoms with Gasteiger partial charge in [0.25, 0.3) is 5.91 Å². The summed E-state index contributed by atoms with van der Waals surface area (Å²) in [5.41, 5.74) is 3.91. The van der Waals surface area contributed by atoms with E-state index in [9.17, 15) is 4.79 Å². The minimum atomic E-state index is -0.366. The Hall–Kier alpha value is -2.89. The fourth-order valence-corrected chi connectivity index (χ4v) is 3.08. The van der Waals surface area contributed by atoms with Crippen molar-refractivity contribution >= 4 is 45.9 Å². The Morgan fingerprint density at radius 3 is 2.78 bits per heavy atom. The topological polar surface area (TPSA) is 68.0 Å². The van der Waals surface area contributed by atoms with Gasteiger partial charge < -0.3 is 9.73 Å². The number of nitrogens with one attached hydrogen (secondary N) is 1. The number of oxazole rings is 1. The molecule has 0 saturated heterocycles. The molecule has 1 amide bonds. The van der Waals surface area contributed by atoms with Gasteiger partial charge in [-0.25, -0.2) is 9.97 Å². The molecule has 5 nitrogen and oxygen atoms in total. The maximum absolute atomic E-state index is 12.4. The first kappa shape index (κ1) is 17.5. The van der Waals surface area contributed by atoms with Crippen LogP contribution in [0.3, 0.4) is 0 Å². The van der Waals surface area contributed by atoms with Crippen molar-refractivity contribution < 1.29 is 9.21 Å². The molecule has 0 aliphatic rings. The first-order chi connectivity index (χ1) is 13.0. The van der Waals surface area contributed by atoms with E-state index in [1.807, 2.05) is 25.1 Å². The summed E-state index contributed by atoms with van der Waals surface area (Å²) in [6.45, 7) is 1.99. The van der Waals surface area contributed by atoms with Crippen LogP contribution in [0.4, 0.5) is 5.69 Å². The number of rotatable bonds is 3. The predicted molar refractivity (Wildman–Crippen MR) is 106 cm³/mol. The molecule has 2 heterocycles. The smallest absolute Gasteiger partial charge is 0.258 e. The van der Waals surface area contributed by atoms with Gasteiger partial charge in [0.15, 0.2) is 5.58 Å². The third-order valence-corrected chi connectivity index (χ3v) is 4.63. The Kier molecular flexibility index (Phi) is 4.56. The molecule has 0 unspecified atom stereocenters. The van der Waals surface area contributed by atoms with Crippen molar-refractivity contribution in [1.82, 2.24) is 9.97 Å². The van der Waals surface area contributed by atoms with Crippen molar-refractivity contribution in [3.8, 4) is 11.5 Å². The number of carbonyl (C=O) groups is 1. The highest BCUT2D eigenvalue weighted by atomic mass is 35.5. The molecule has 0 bridgehead atoms. The minimum Gasteiger partial charge on any atom is -0.436 e. The molecule has 0 aliphatic carbocycles. The molecule has 134 valence electrons. The lowest BCUT2D eigenvalue weighted by atomic mass is 10.2. The summed E-state index contributed by atoms with van der Waals surface area (Å²) in [7, 11) is 0. The lowest BCUT2D eigenvalue weighted by Gasteiger charge is -2.08. The second-order valence-electron chi connectivity index (χ2n) is 5.98. The number of aryl methyl sites for hydroxylation is 1. The first-order valence-electron chi connectivity index (χ1n) is 8.10. The van der Waals surface area contributed by atoms with Crippen LogP contribution in [0.1, 0.15) is 15.9 Å². The Bertz CT molecular complexity index is 1170. The molecule has 0 saturated carbocycles. The van der Waals surface area contributed by atoms with Crippen molar-refractivity contribution in [3.63, 3.8) is 0 Å². The Labute approximate surface area is 165 Å². The minimum absolute atomic E-state index is 0.138. The van der Waals surface area contributed by atoms with E-state index < -0.39 is 0 Å². The zero-order valence-electron chi connectivity index (χ0n) is 14.2. The van der Waals surface area contributed by atoms with Crippen molar-refractivity contribution in [2.45, 2.75) is 6.92 Å². The molecule has 0 radical (unpaired) electrons. The van der Waals surface area contributed by atoms with E-state index in [1.54, 1.807) is 30.3 Å². The number of carbonyl (C=O) groups excluding carboxylic acids is 1. The number of nitrogens with zero attached hydrogens (tertiary/aromatic N) is 2. The highest BCUT2D eigenvalue weighted by Crippen LogP contribution is 2.32. The van der Waals surface area contributed by atoms with Gasteiger partial charge >= 0.3 is 0 Å². The number of halogens is 2. The predicted octanol–water partition coefficient (Wildman–Crippen LogP) is 5.76. The molecule has 2 aromatic carbocycles. The first-order valence-corrected chi connectivity index (χ1v) is 8.86. The van der Waals surface area contributed by atoms with Crippen LogP contribution < -0.4 is 5.32 Å². The zero-order valence-corrected chi connectivity index (χ0v) is 15.7. The number of hydrogen-bond acceptors (Lipinski definition) is 4. The van der Waals surface area contributed by atoms with E-state index in [4.69, 9.17) is 27.6 Å². The van der Waals surface area contributed by atoms with Gasteiger partial charge in [-0.3, -0.25) is 4.79 Å².